The summed E-state index contributed by atoms with van der Waals surface area (Å²) in [4.78, 5) is 0.244. The molecule has 0 aliphatic carbocycles. The summed E-state index contributed by atoms with van der Waals surface area (Å²) in [6.45, 7) is 0. The van der Waals surface area contributed by atoms with Crippen LogP contribution in [0.2, 0.25) is 0 Å². The van der Waals surface area contributed by atoms with Gasteiger partial charge in [0, 0.05) is 7.05 Å². The van der Waals surface area contributed by atoms with E-state index in [1.54, 1.807) is 0 Å². The third-order valence-electron chi connectivity index (χ3n) is 1.49. The lowest BCUT2D eigenvalue weighted by molar-refractivity contribution is 0.0283. The van der Waals surface area contributed by atoms with Gasteiger partial charge in [0.25, 0.3) is 0 Å². The minimum atomic E-state index is -2.09. The molecule has 12 heavy (non-hydrogen) atoms. The van der Waals surface area contributed by atoms with E-state index >= 15 is 0 Å². The predicted octanol–water partition coefficient (Wildman–Crippen LogP) is 1.51. The highest BCUT2D eigenvalue weighted by Crippen LogP contribution is 2.32. The molecule has 0 amide bonds. The highest BCUT2D eigenvalue weighted by atomic mass is 19.2. The molecule has 1 heterocycles. The fourth-order valence-electron chi connectivity index (χ4n) is 0.741. The van der Waals surface area contributed by atoms with Crippen molar-refractivity contribution >= 4 is 0 Å². The van der Waals surface area contributed by atoms with Gasteiger partial charge in [0.05, 0.1) is 0 Å². The van der Waals surface area contributed by atoms with Gasteiger partial charge in [0.1, 0.15) is 0 Å². The Morgan fingerprint density at radius 2 is 1.67 bits per heavy atom. The van der Waals surface area contributed by atoms with Gasteiger partial charge >= 0.3 is 0 Å². The molecule has 68 valence electrons. The summed E-state index contributed by atoms with van der Waals surface area (Å²) in [7, 11) is 0.894. The first-order valence-corrected chi connectivity index (χ1v) is 2.98. The van der Waals surface area contributed by atoms with Crippen LogP contribution in [0, 0.1) is 0 Å². The van der Waals surface area contributed by atoms with Crippen molar-refractivity contribution in [1.82, 2.24) is 4.90 Å². The average molecular weight is 183 g/mol. The maximum absolute atomic E-state index is 12.5. The SMILES string of the molecule is CN1C(F)=C(F)C(F)=C(F)C1O. The molecule has 0 bridgehead atoms. The second kappa shape index (κ2) is 2.78. The second-order valence-electron chi connectivity index (χ2n) is 2.25. The van der Waals surface area contributed by atoms with Crippen LogP contribution in [0.1, 0.15) is 0 Å². The summed E-state index contributed by atoms with van der Waals surface area (Å²) in [6.07, 6.45) is -2.09. The number of hydrogen-bond donors (Lipinski definition) is 1. The summed E-state index contributed by atoms with van der Waals surface area (Å²) in [5.74, 6) is -7.27. The van der Waals surface area contributed by atoms with Gasteiger partial charge in [-0.2, -0.15) is 8.78 Å². The highest BCUT2D eigenvalue weighted by Gasteiger charge is 2.33. The summed E-state index contributed by atoms with van der Waals surface area (Å²) in [5.41, 5.74) is 0. The van der Waals surface area contributed by atoms with Crippen molar-refractivity contribution in [2.45, 2.75) is 6.23 Å². The molecule has 1 rings (SSSR count). The minimum absolute atomic E-state index is 0.244. The van der Waals surface area contributed by atoms with Crippen molar-refractivity contribution in [3.05, 3.63) is 23.4 Å². The molecule has 0 radical (unpaired) electrons. The van der Waals surface area contributed by atoms with Gasteiger partial charge in [-0.15, -0.1) is 0 Å². The zero-order valence-electron chi connectivity index (χ0n) is 5.98. The molecule has 0 aromatic heterocycles. The fourth-order valence-corrected chi connectivity index (χ4v) is 0.741. The molecule has 0 aromatic rings. The Morgan fingerprint density at radius 3 is 2.17 bits per heavy atom. The number of rotatable bonds is 0. The van der Waals surface area contributed by atoms with Crippen LogP contribution in [0.4, 0.5) is 17.6 Å². The molecule has 0 saturated carbocycles. The first-order chi connectivity index (χ1) is 5.46. The van der Waals surface area contributed by atoms with E-state index in [0.29, 0.717) is 0 Å². The standard InChI is InChI=1S/C6H5F4NO/c1-11-5(10)3(8)2(7)4(9)6(11)12/h6,12H,1H3. The Bertz CT molecular complexity index is 245. The van der Waals surface area contributed by atoms with E-state index in [2.05, 4.69) is 0 Å². The molecular formula is C6H5F4NO. The molecule has 2 nitrogen and oxygen atoms in total. The zero-order valence-corrected chi connectivity index (χ0v) is 5.98. The van der Waals surface area contributed by atoms with Crippen molar-refractivity contribution in [2.24, 2.45) is 0 Å². The van der Waals surface area contributed by atoms with E-state index in [0.717, 1.165) is 7.05 Å². The predicted molar refractivity (Wildman–Crippen MR) is 32.3 cm³/mol. The van der Waals surface area contributed by atoms with Crippen LogP contribution in [0.25, 0.3) is 0 Å². The van der Waals surface area contributed by atoms with Crippen molar-refractivity contribution < 1.29 is 22.7 Å². The molecule has 0 saturated heterocycles. The van der Waals surface area contributed by atoms with Crippen molar-refractivity contribution in [1.29, 1.82) is 0 Å². The number of aliphatic hydroxyl groups is 1. The van der Waals surface area contributed by atoms with Crippen molar-refractivity contribution in [2.75, 3.05) is 7.05 Å². The van der Waals surface area contributed by atoms with Crippen molar-refractivity contribution in [3.63, 3.8) is 0 Å². The van der Waals surface area contributed by atoms with Gasteiger partial charge in [-0.1, -0.05) is 0 Å². The molecule has 0 spiro atoms. The Labute approximate surface area is 65.4 Å². The van der Waals surface area contributed by atoms with Gasteiger partial charge < -0.3 is 10.0 Å². The van der Waals surface area contributed by atoms with E-state index in [4.69, 9.17) is 5.11 Å². The molecular weight excluding hydrogens is 178 g/mol. The van der Waals surface area contributed by atoms with Crippen LogP contribution in [-0.2, 0) is 0 Å². The Balaban J connectivity index is 3.18. The third-order valence-corrected chi connectivity index (χ3v) is 1.49. The summed E-state index contributed by atoms with van der Waals surface area (Å²) in [6, 6.07) is 0. The van der Waals surface area contributed by atoms with Crippen LogP contribution < -0.4 is 0 Å². The van der Waals surface area contributed by atoms with Crippen LogP contribution >= 0.6 is 0 Å². The molecule has 1 N–H and O–H groups in total. The van der Waals surface area contributed by atoms with E-state index in [1.165, 1.54) is 0 Å². The van der Waals surface area contributed by atoms with E-state index in [-0.39, 0.29) is 4.90 Å². The van der Waals surface area contributed by atoms with Gasteiger partial charge in [-0.05, 0) is 0 Å². The van der Waals surface area contributed by atoms with Gasteiger partial charge in [0.15, 0.2) is 17.9 Å². The number of aliphatic hydroxyl groups excluding tert-OH is 1. The maximum atomic E-state index is 12.5. The summed E-state index contributed by atoms with van der Waals surface area (Å²) < 4.78 is 49.5. The van der Waals surface area contributed by atoms with Gasteiger partial charge in [-0.3, -0.25) is 0 Å². The van der Waals surface area contributed by atoms with Crippen LogP contribution in [0.5, 0.6) is 0 Å². The van der Waals surface area contributed by atoms with Crippen LogP contribution in [-0.4, -0.2) is 23.3 Å². The number of halogens is 4. The van der Waals surface area contributed by atoms with Gasteiger partial charge in [-0.25, -0.2) is 8.78 Å². The minimum Gasteiger partial charge on any atom is -0.367 e. The van der Waals surface area contributed by atoms with Crippen molar-refractivity contribution in [3.8, 4) is 0 Å². The Morgan fingerprint density at radius 1 is 1.17 bits per heavy atom. The van der Waals surface area contributed by atoms with E-state index in [1.807, 2.05) is 0 Å². The molecule has 1 aliphatic heterocycles. The molecule has 0 fully saturated rings. The average Bonchev–Trinajstić information content (AvgIpc) is 2.08. The van der Waals surface area contributed by atoms with Crippen LogP contribution in [0.3, 0.4) is 0 Å². The summed E-state index contributed by atoms with van der Waals surface area (Å²) in [5, 5.41) is 8.72. The lowest BCUT2D eigenvalue weighted by Crippen LogP contribution is -2.33. The normalized spacial score (nSPS) is 25.5. The number of nitrogens with zero attached hydrogens (tertiary/aromatic N) is 1. The second-order valence-corrected chi connectivity index (χ2v) is 2.25. The Kier molecular flexibility index (Phi) is 2.10. The quantitative estimate of drug-likeness (QED) is 0.454. The Hall–Kier alpha value is -1.04. The lowest BCUT2D eigenvalue weighted by atomic mass is 10.3. The van der Waals surface area contributed by atoms with E-state index in [9.17, 15) is 17.6 Å². The molecule has 0 aromatic carbocycles. The summed E-state index contributed by atoms with van der Waals surface area (Å²) >= 11 is 0. The third kappa shape index (κ3) is 1.08. The maximum Gasteiger partial charge on any atom is 0.231 e. The molecule has 1 unspecified atom stereocenters. The topological polar surface area (TPSA) is 23.5 Å². The van der Waals surface area contributed by atoms with Crippen LogP contribution in [0.15, 0.2) is 23.4 Å². The first-order valence-electron chi connectivity index (χ1n) is 2.98. The fraction of sp³-hybridized carbons (Fsp3) is 0.333. The monoisotopic (exact) mass is 183 g/mol. The highest BCUT2D eigenvalue weighted by molar-refractivity contribution is 5.29. The molecule has 6 heteroatoms. The zero-order chi connectivity index (χ0) is 9.46. The largest absolute Gasteiger partial charge is 0.367 e. The van der Waals surface area contributed by atoms with E-state index < -0.39 is 29.7 Å². The van der Waals surface area contributed by atoms with Gasteiger partial charge in [0.2, 0.25) is 11.8 Å². The first kappa shape index (κ1) is 9.05. The number of allylic oxidation sites excluding steroid dienone is 2. The molecule has 1 atom stereocenters. The lowest BCUT2D eigenvalue weighted by Gasteiger charge is -2.25. The number of likely N-dealkylation sites (N-methyl/N-ethyl adjacent to an activating group) is 1. The smallest absolute Gasteiger partial charge is 0.231 e. The number of hydrogen-bond acceptors (Lipinski definition) is 2. The molecule has 1 aliphatic rings.